The van der Waals surface area contributed by atoms with E-state index in [9.17, 15) is 0 Å². The van der Waals surface area contributed by atoms with Crippen molar-refractivity contribution in [2.24, 2.45) is 0 Å². The first kappa shape index (κ1) is 25.1. The van der Waals surface area contributed by atoms with Crippen LogP contribution in [-0.4, -0.2) is 0 Å². The average Bonchev–Trinajstić information content (AvgIpc) is 3.60. The fraction of sp³-hybridized carbons (Fsp3) is 0.0455. The maximum Gasteiger partial charge on any atom is -0.000740 e. The molecular weight excluding hydrogens is 528 g/mol. The summed E-state index contributed by atoms with van der Waals surface area (Å²) in [6.45, 7) is 4.00. The van der Waals surface area contributed by atoms with Crippen molar-refractivity contribution in [1.82, 2.24) is 0 Å². The molecule has 0 unspecified atom stereocenters. The Balaban J connectivity index is 0.00000133. The van der Waals surface area contributed by atoms with E-state index in [2.05, 4.69) is 146 Å². The van der Waals surface area contributed by atoms with E-state index in [0.717, 1.165) is 0 Å². The Morgan fingerprint density at radius 2 is 0.659 bits per heavy atom. The van der Waals surface area contributed by atoms with Gasteiger partial charge in [0, 0.05) is 0 Å². The molecule has 8 aromatic carbocycles. The van der Waals surface area contributed by atoms with Crippen LogP contribution >= 0.6 is 0 Å². The van der Waals surface area contributed by atoms with Crippen molar-refractivity contribution in [2.45, 2.75) is 13.8 Å². The summed E-state index contributed by atoms with van der Waals surface area (Å²) < 4.78 is 0. The average molecular weight is 559 g/mol. The third-order valence-corrected chi connectivity index (χ3v) is 9.51. The van der Waals surface area contributed by atoms with Crippen LogP contribution < -0.4 is 0 Å². The molecule has 0 aromatic heterocycles. The van der Waals surface area contributed by atoms with E-state index in [1.165, 1.54) is 99.1 Å². The van der Waals surface area contributed by atoms with Crippen molar-refractivity contribution in [3.05, 3.63) is 146 Å². The maximum absolute atomic E-state index is 2.42. The minimum atomic E-state index is 1.26. The summed E-state index contributed by atoms with van der Waals surface area (Å²) in [6, 6.07) is 54.1. The van der Waals surface area contributed by atoms with Crippen molar-refractivity contribution in [3.8, 4) is 66.8 Å². The van der Waals surface area contributed by atoms with Crippen molar-refractivity contribution >= 4 is 32.3 Å². The van der Waals surface area contributed by atoms with Crippen LogP contribution in [0.25, 0.3) is 99.1 Å². The molecule has 8 aromatic rings. The first-order chi connectivity index (χ1) is 21.9. The highest BCUT2D eigenvalue weighted by Gasteiger charge is 2.34. The van der Waals surface area contributed by atoms with Gasteiger partial charge in [-0.15, -0.1) is 0 Å². The van der Waals surface area contributed by atoms with Crippen LogP contribution in [0.5, 0.6) is 0 Å². The highest BCUT2D eigenvalue weighted by molar-refractivity contribution is 6.32. The summed E-state index contributed by atoms with van der Waals surface area (Å²) in [6.07, 6.45) is 0. The van der Waals surface area contributed by atoms with Crippen LogP contribution in [0.15, 0.2) is 146 Å². The van der Waals surface area contributed by atoms with Gasteiger partial charge in [0.15, 0.2) is 0 Å². The van der Waals surface area contributed by atoms with Gasteiger partial charge in [-0.25, -0.2) is 0 Å². The minimum Gasteiger partial charge on any atom is -0.0683 e. The van der Waals surface area contributed by atoms with Gasteiger partial charge in [-0.05, 0) is 111 Å². The predicted octanol–water partition coefficient (Wildman–Crippen LogP) is 12.8. The number of fused-ring (bicyclic) bond motifs is 8. The lowest BCUT2D eigenvalue weighted by atomic mass is 9.82. The molecule has 0 bridgehead atoms. The van der Waals surface area contributed by atoms with E-state index < -0.39 is 0 Å². The SMILES string of the molecule is CC.c1ccc(-c2c3c(c(-c4ccccc4)c4cc5ccccc5cc24)-c2ccc4c5c(ccc-3c25)-c2ccccc2-4)cc1. The smallest absolute Gasteiger partial charge is 0.000740 e. The van der Waals surface area contributed by atoms with E-state index >= 15 is 0 Å². The van der Waals surface area contributed by atoms with Gasteiger partial charge >= 0.3 is 0 Å². The van der Waals surface area contributed by atoms with Gasteiger partial charge in [-0.2, -0.15) is 0 Å². The molecule has 0 saturated carbocycles. The standard InChI is InChI=1S/C42H24.C2H6/c1-3-11-25(12-4-1)37-35-23-27-15-7-8-16-28(27)24-36(35)38(26-13-5-2-6-14-26)42-34-22-20-32-30-18-10-9-17-29(30)31-19-21-33(41(37)42)40(34)39(31)32;1-2/h1-24H;1-2H3. The third kappa shape index (κ3) is 3.28. The predicted molar refractivity (Wildman–Crippen MR) is 190 cm³/mol. The molecule has 0 aliphatic heterocycles. The Morgan fingerprint density at radius 1 is 0.295 bits per heavy atom. The van der Waals surface area contributed by atoms with E-state index in [1.807, 2.05) is 13.8 Å². The van der Waals surface area contributed by atoms with Gasteiger partial charge in [0.1, 0.15) is 0 Å². The molecule has 44 heavy (non-hydrogen) atoms. The van der Waals surface area contributed by atoms with Crippen molar-refractivity contribution in [2.75, 3.05) is 0 Å². The molecule has 0 nitrogen and oxygen atoms in total. The second-order valence-corrected chi connectivity index (χ2v) is 11.6. The van der Waals surface area contributed by atoms with Crippen LogP contribution in [0.4, 0.5) is 0 Å². The van der Waals surface area contributed by atoms with Crippen LogP contribution in [0.1, 0.15) is 13.8 Å². The van der Waals surface area contributed by atoms with Crippen molar-refractivity contribution in [3.63, 3.8) is 0 Å². The fourth-order valence-electron chi connectivity index (χ4n) is 7.84. The van der Waals surface area contributed by atoms with Gasteiger partial charge in [0.2, 0.25) is 0 Å². The summed E-state index contributed by atoms with van der Waals surface area (Å²) in [7, 11) is 0. The number of benzene rings is 8. The molecule has 0 heterocycles. The van der Waals surface area contributed by atoms with Gasteiger partial charge in [0.25, 0.3) is 0 Å². The molecule has 0 amide bonds. The fourth-order valence-corrected chi connectivity index (χ4v) is 7.84. The molecule has 0 heteroatoms. The van der Waals surface area contributed by atoms with Gasteiger partial charge < -0.3 is 0 Å². The first-order valence-electron chi connectivity index (χ1n) is 15.7. The van der Waals surface area contributed by atoms with Crippen LogP contribution in [-0.2, 0) is 0 Å². The largest absolute Gasteiger partial charge is 0.0683 e. The van der Waals surface area contributed by atoms with Crippen LogP contribution in [0.3, 0.4) is 0 Å². The van der Waals surface area contributed by atoms with Crippen molar-refractivity contribution in [1.29, 1.82) is 0 Å². The summed E-state index contributed by atoms with van der Waals surface area (Å²) in [5.41, 5.74) is 16.0. The Hall–Kier alpha value is -5.46. The van der Waals surface area contributed by atoms with E-state index in [-0.39, 0.29) is 0 Å². The normalized spacial score (nSPS) is 11.9. The maximum atomic E-state index is 2.42. The molecule has 0 radical (unpaired) electrons. The second kappa shape index (κ2) is 9.53. The van der Waals surface area contributed by atoms with Crippen LogP contribution in [0, 0.1) is 0 Å². The summed E-state index contributed by atoms with van der Waals surface area (Å²) in [5, 5.41) is 7.95. The first-order valence-corrected chi connectivity index (χ1v) is 15.7. The molecule has 0 spiro atoms. The lowest BCUT2D eigenvalue weighted by Gasteiger charge is -2.21. The molecule has 0 saturated heterocycles. The molecule has 0 atom stereocenters. The molecule has 206 valence electrons. The Kier molecular flexibility index (Phi) is 5.43. The van der Waals surface area contributed by atoms with Gasteiger partial charge in [0.05, 0.1) is 0 Å². The minimum absolute atomic E-state index is 1.26. The van der Waals surface area contributed by atoms with Crippen LogP contribution in [0.2, 0.25) is 0 Å². The number of hydrogen-bond acceptors (Lipinski definition) is 0. The molecule has 2 aliphatic rings. The zero-order chi connectivity index (χ0) is 29.4. The zero-order valence-corrected chi connectivity index (χ0v) is 24.9. The highest BCUT2D eigenvalue weighted by Crippen LogP contribution is 2.61. The van der Waals surface area contributed by atoms with Gasteiger partial charge in [-0.1, -0.05) is 147 Å². The monoisotopic (exact) mass is 558 g/mol. The molecular formula is C44H30. The quantitative estimate of drug-likeness (QED) is 0.185. The lowest BCUT2D eigenvalue weighted by Crippen LogP contribution is -1.94. The summed E-state index contributed by atoms with van der Waals surface area (Å²) >= 11 is 0. The van der Waals surface area contributed by atoms with E-state index in [4.69, 9.17) is 0 Å². The second-order valence-electron chi connectivity index (χ2n) is 11.6. The van der Waals surface area contributed by atoms with Crippen molar-refractivity contribution < 1.29 is 0 Å². The van der Waals surface area contributed by atoms with Gasteiger partial charge in [-0.3, -0.25) is 0 Å². The molecule has 0 N–H and O–H groups in total. The number of hydrogen-bond donors (Lipinski definition) is 0. The zero-order valence-electron chi connectivity index (χ0n) is 24.9. The van der Waals surface area contributed by atoms with E-state index in [1.54, 1.807) is 0 Å². The molecule has 2 aliphatic carbocycles. The van der Waals surface area contributed by atoms with E-state index in [0.29, 0.717) is 0 Å². The summed E-state index contributed by atoms with van der Waals surface area (Å²) in [4.78, 5) is 0. The topological polar surface area (TPSA) is 0 Å². The Labute approximate surface area is 257 Å². The lowest BCUT2D eigenvalue weighted by molar-refractivity contribution is 1.50. The molecule has 10 rings (SSSR count). The third-order valence-electron chi connectivity index (χ3n) is 9.51. The number of rotatable bonds is 2. The summed E-state index contributed by atoms with van der Waals surface area (Å²) in [5.74, 6) is 0. The highest BCUT2D eigenvalue weighted by atomic mass is 14.4. The Morgan fingerprint density at radius 3 is 1.11 bits per heavy atom. The molecule has 0 fully saturated rings. The Bertz CT molecular complexity index is 2260.